The molecule has 0 saturated carbocycles. The third-order valence-electron chi connectivity index (χ3n) is 6.77. The predicted molar refractivity (Wildman–Crippen MR) is 142 cm³/mol. The third kappa shape index (κ3) is 9.19. The highest BCUT2D eigenvalue weighted by molar-refractivity contribution is 5.90. The lowest BCUT2D eigenvalue weighted by Gasteiger charge is -2.40. The first-order valence-electron chi connectivity index (χ1n) is 13.8. The molecule has 0 aromatic heterocycles. The largest absolute Gasteiger partial charge is 0.492 e. The topological polar surface area (TPSA) is 88.1 Å². The standard InChI is InChI=1S/C28H24F16N2O5/c1-2-50-19(20(47)48)13-15-7-9-16(10-8-15)51-12-11-46(21(49)45-18-6-4-3-5-17(18)23(31,32)33)14-22(29,30)24(34,35)25(36,37)26(38,39)27(40,41)28(42,43)44/h3-10,19H,2,11-14H2,1H3,(H,45,49)(H,47,48). The Morgan fingerprint density at radius 1 is 0.765 bits per heavy atom. The van der Waals surface area contributed by atoms with Crippen LogP contribution in [0.4, 0.5) is 80.7 Å². The molecule has 1 unspecified atom stereocenters. The molecule has 0 radical (unpaired) electrons. The van der Waals surface area contributed by atoms with Crippen LogP contribution in [0.5, 0.6) is 5.75 Å². The number of para-hydroxylation sites is 1. The van der Waals surface area contributed by atoms with Gasteiger partial charge in [-0.05, 0) is 36.8 Å². The van der Waals surface area contributed by atoms with Gasteiger partial charge < -0.3 is 24.8 Å². The maximum atomic E-state index is 14.8. The van der Waals surface area contributed by atoms with E-state index in [2.05, 4.69) is 0 Å². The molecule has 0 bridgehead atoms. The summed E-state index contributed by atoms with van der Waals surface area (Å²) in [4.78, 5) is 23.4. The van der Waals surface area contributed by atoms with Crippen molar-refractivity contribution in [3.63, 3.8) is 0 Å². The molecule has 2 amide bonds. The Morgan fingerprint density at radius 3 is 1.78 bits per heavy atom. The van der Waals surface area contributed by atoms with Gasteiger partial charge >= 0.3 is 54.0 Å². The van der Waals surface area contributed by atoms with Crippen molar-refractivity contribution >= 4 is 17.7 Å². The molecule has 0 aliphatic heterocycles. The number of amides is 2. The SMILES string of the molecule is CCOC(Cc1ccc(OCCN(CC(F)(F)C(F)(F)C(F)(F)C(F)(F)C(F)(F)C(F)(F)F)C(=O)Nc2ccccc2C(F)(F)F)cc1)C(=O)O. The first kappa shape index (κ1) is 43.0. The Labute approximate surface area is 276 Å². The Bertz CT molecular complexity index is 1500. The van der Waals surface area contributed by atoms with Crippen LogP contribution >= 0.6 is 0 Å². The minimum Gasteiger partial charge on any atom is -0.492 e. The van der Waals surface area contributed by atoms with E-state index in [9.17, 15) is 79.8 Å². The van der Waals surface area contributed by atoms with Crippen LogP contribution in [-0.2, 0) is 22.1 Å². The molecule has 2 N–H and O–H groups in total. The molecule has 2 aromatic rings. The number of aliphatic carboxylic acids is 1. The molecule has 2 rings (SSSR count). The first-order chi connectivity index (χ1) is 23.0. The fourth-order valence-corrected chi connectivity index (χ4v) is 4.06. The number of alkyl halides is 16. The second kappa shape index (κ2) is 15.2. The zero-order valence-electron chi connectivity index (χ0n) is 25.3. The molecule has 51 heavy (non-hydrogen) atoms. The van der Waals surface area contributed by atoms with E-state index in [1.807, 2.05) is 0 Å². The maximum Gasteiger partial charge on any atom is 0.460 e. The first-order valence-corrected chi connectivity index (χ1v) is 13.8. The molecular weight excluding hydrogens is 748 g/mol. The van der Waals surface area contributed by atoms with Gasteiger partial charge in [-0.1, -0.05) is 24.3 Å². The molecule has 0 aliphatic rings. The van der Waals surface area contributed by atoms with Crippen LogP contribution in [0, 0.1) is 0 Å². The molecule has 288 valence electrons. The lowest BCUT2D eigenvalue weighted by molar-refractivity contribution is -0.439. The van der Waals surface area contributed by atoms with Gasteiger partial charge in [-0.25, -0.2) is 9.59 Å². The van der Waals surface area contributed by atoms with Gasteiger partial charge in [0.15, 0.2) is 6.10 Å². The van der Waals surface area contributed by atoms with E-state index in [-0.39, 0.29) is 18.8 Å². The van der Waals surface area contributed by atoms with Gasteiger partial charge in [0, 0.05) is 13.0 Å². The summed E-state index contributed by atoms with van der Waals surface area (Å²) in [7, 11) is 0. The Kier molecular flexibility index (Phi) is 12.8. The zero-order chi connectivity index (χ0) is 39.4. The minimum atomic E-state index is -8.22. The summed E-state index contributed by atoms with van der Waals surface area (Å²) >= 11 is 0. The van der Waals surface area contributed by atoms with Crippen LogP contribution < -0.4 is 10.1 Å². The number of benzene rings is 2. The van der Waals surface area contributed by atoms with Crippen molar-refractivity contribution in [2.24, 2.45) is 0 Å². The van der Waals surface area contributed by atoms with Gasteiger partial charge in [0.1, 0.15) is 12.4 Å². The van der Waals surface area contributed by atoms with Crippen molar-refractivity contribution in [2.75, 3.05) is 31.6 Å². The number of carboxylic acids is 1. The average Bonchev–Trinajstić information content (AvgIpc) is 2.99. The number of nitrogens with zero attached hydrogens (tertiary/aromatic N) is 1. The van der Waals surface area contributed by atoms with Gasteiger partial charge in [0.05, 0.1) is 24.3 Å². The molecule has 0 saturated heterocycles. The fourth-order valence-electron chi connectivity index (χ4n) is 4.06. The van der Waals surface area contributed by atoms with Crippen LogP contribution in [0.1, 0.15) is 18.1 Å². The summed E-state index contributed by atoms with van der Waals surface area (Å²) in [6.07, 6.45) is -14.4. The quantitative estimate of drug-likeness (QED) is 0.168. The van der Waals surface area contributed by atoms with Crippen LogP contribution in [0.25, 0.3) is 0 Å². The Balaban J connectivity index is 2.43. The van der Waals surface area contributed by atoms with E-state index in [0.717, 1.165) is 24.3 Å². The Hall–Kier alpha value is -4.18. The lowest BCUT2D eigenvalue weighted by Crippen LogP contribution is -2.71. The summed E-state index contributed by atoms with van der Waals surface area (Å²) in [5.74, 6) is -40.5. The average molecular weight is 772 g/mol. The summed E-state index contributed by atoms with van der Waals surface area (Å²) in [6, 6.07) is 4.96. The highest BCUT2D eigenvalue weighted by Crippen LogP contribution is 2.60. The molecule has 0 aliphatic carbocycles. The number of ether oxygens (including phenoxy) is 2. The Morgan fingerprint density at radius 2 is 1.29 bits per heavy atom. The third-order valence-corrected chi connectivity index (χ3v) is 6.77. The monoisotopic (exact) mass is 772 g/mol. The van der Waals surface area contributed by atoms with E-state index in [1.54, 1.807) is 0 Å². The van der Waals surface area contributed by atoms with Crippen molar-refractivity contribution in [3.05, 3.63) is 59.7 Å². The zero-order valence-corrected chi connectivity index (χ0v) is 25.3. The second-order valence-electron chi connectivity index (χ2n) is 10.4. The van der Waals surface area contributed by atoms with Gasteiger partial charge in [-0.15, -0.1) is 0 Å². The van der Waals surface area contributed by atoms with Gasteiger partial charge in [0.25, 0.3) is 0 Å². The number of nitrogens with one attached hydrogen (secondary N) is 1. The number of urea groups is 1. The number of hydrogen-bond acceptors (Lipinski definition) is 4. The number of carbonyl (C=O) groups excluding carboxylic acids is 1. The summed E-state index contributed by atoms with van der Waals surface area (Å²) < 4.78 is 228. The highest BCUT2D eigenvalue weighted by Gasteiger charge is 2.90. The van der Waals surface area contributed by atoms with Gasteiger partial charge in [-0.2, -0.15) is 70.2 Å². The number of carbonyl (C=O) groups is 2. The number of halogens is 16. The van der Waals surface area contributed by atoms with Crippen molar-refractivity contribution in [1.82, 2.24) is 4.90 Å². The normalized spacial score (nSPS) is 14.2. The molecular formula is C28H24F16N2O5. The second-order valence-corrected chi connectivity index (χ2v) is 10.4. The predicted octanol–water partition coefficient (Wildman–Crippen LogP) is 8.39. The number of hydrogen-bond donors (Lipinski definition) is 2. The molecule has 7 nitrogen and oxygen atoms in total. The van der Waals surface area contributed by atoms with Crippen LogP contribution in [0.3, 0.4) is 0 Å². The fraction of sp³-hybridized carbons (Fsp3) is 0.500. The van der Waals surface area contributed by atoms with Crippen LogP contribution in [0.15, 0.2) is 48.5 Å². The van der Waals surface area contributed by atoms with E-state index in [1.165, 1.54) is 24.4 Å². The van der Waals surface area contributed by atoms with Gasteiger partial charge in [0.2, 0.25) is 0 Å². The van der Waals surface area contributed by atoms with Crippen molar-refractivity contribution in [1.29, 1.82) is 0 Å². The molecule has 23 heteroatoms. The molecule has 1 atom stereocenters. The smallest absolute Gasteiger partial charge is 0.460 e. The van der Waals surface area contributed by atoms with E-state index in [4.69, 9.17) is 14.6 Å². The molecule has 0 spiro atoms. The highest BCUT2D eigenvalue weighted by atomic mass is 19.4. The summed E-state index contributed by atoms with van der Waals surface area (Å²) in [5, 5.41) is 10.5. The summed E-state index contributed by atoms with van der Waals surface area (Å²) in [6.45, 7) is -4.23. The van der Waals surface area contributed by atoms with Crippen molar-refractivity contribution in [3.8, 4) is 5.75 Å². The number of anilines is 1. The van der Waals surface area contributed by atoms with Crippen molar-refractivity contribution in [2.45, 2.75) is 61.4 Å². The van der Waals surface area contributed by atoms with Gasteiger partial charge in [-0.3, -0.25) is 0 Å². The van der Waals surface area contributed by atoms with E-state index < -0.39 is 95.9 Å². The van der Waals surface area contributed by atoms with Crippen molar-refractivity contribution < 1.29 is 94.4 Å². The molecule has 0 heterocycles. The van der Waals surface area contributed by atoms with Crippen LogP contribution in [-0.4, -0.2) is 90.2 Å². The lowest BCUT2D eigenvalue weighted by atomic mass is 9.93. The van der Waals surface area contributed by atoms with E-state index >= 15 is 0 Å². The maximum absolute atomic E-state index is 14.8. The summed E-state index contributed by atoms with van der Waals surface area (Å²) in [5.41, 5.74) is -2.58. The minimum absolute atomic E-state index is 0.0229. The number of rotatable bonds is 16. The van der Waals surface area contributed by atoms with Crippen LogP contribution in [0.2, 0.25) is 0 Å². The van der Waals surface area contributed by atoms with E-state index in [0.29, 0.717) is 17.7 Å². The molecule has 0 fully saturated rings. The number of carboxylic acid groups (broad SMARTS) is 1. The molecule has 2 aromatic carbocycles.